The van der Waals surface area contributed by atoms with Gasteiger partial charge in [0, 0.05) is 62.8 Å². The maximum atomic E-state index is 12.2. The molecule has 0 amide bonds. The maximum Gasteiger partial charge on any atom is 0.138 e. The van der Waals surface area contributed by atoms with Crippen LogP contribution in [0, 0.1) is 5.92 Å². The Morgan fingerprint density at radius 3 is 2.31 bits per heavy atom. The van der Waals surface area contributed by atoms with Crippen molar-refractivity contribution >= 4 is 5.78 Å². The molecule has 0 radical (unpaired) electrons. The zero-order valence-corrected chi connectivity index (χ0v) is 32.6. The van der Waals surface area contributed by atoms with Gasteiger partial charge in [0.1, 0.15) is 11.5 Å². The van der Waals surface area contributed by atoms with Crippen molar-refractivity contribution in [3.8, 4) is 0 Å². The fourth-order valence-corrected chi connectivity index (χ4v) is 6.52. The molecule has 284 valence electrons. The van der Waals surface area contributed by atoms with Crippen LogP contribution in [0.4, 0.5) is 0 Å². The summed E-state index contributed by atoms with van der Waals surface area (Å²) in [6.45, 7) is 28.9. The first-order valence-corrected chi connectivity index (χ1v) is 18.7. The molecule has 1 unspecified atom stereocenters. The minimum Gasteiger partial charge on any atom is -0.395 e. The van der Waals surface area contributed by atoms with Crippen LogP contribution in [0.15, 0.2) is 6.20 Å². The van der Waals surface area contributed by atoms with Gasteiger partial charge in [-0.15, -0.1) is 5.10 Å². The first-order chi connectivity index (χ1) is 22.9. The van der Waals surface area contributed by atoms with E-state index >= 15 is 0 Å². The van der Waals surface area contributed by atoms with E-state index in [1.54, 1.807) is 4.68 Å². The van der Waals surface area contributed by atoms with Gasteiger partial charge in [0.15, 0.2) is 0 Å². The summed E-state index contributed by atoms with van der Waals surface area (Å²) in [5, 5.41) is 22.2. The molecular weight excluding hydrogens is 624 g/mol. The highest BCUT2D eigenvalue weighted by Crippen LogP contribution is 2.27. The van der Waals surface area contributed by atoms with Crippen molar-refractivity contribution in [2.75, 3.05) is 65.8 Å². The number of rotatable bonds is 22. The van der Waals surface area contributed by atoms with Gasteiger partial charge in [0.2, 0.25) is 0 Å². The lowest BCUT2D eigenvalue weighted by molar-refractivity contribution is -0.140. The lowest BCUT2D eigenvalue weighted by atomic mass is 9.94. The second kappa shape index (κ2) is 18.8. The zero-order valence-electron chi connectivity index (χ0n) is 32.6. The van der Waals surface area contributed by atoms with Gasteiger partial charge in [-0.3, -0.25) is 14.6 Å². The number of aliphatic hydroxyl groups excluding tert-OH is 1. The third kappa shape index (κ3) is 14.6. The van der Waals surface area contributed by atoms with E-state index in [1.165, 1.54) is 12.8 Å². The predicted octanol–water partition coefficient (Wildman–Crippen LogP) is 4.08. The first-order valence-electron chi connectivity index (χ1n) is 18.7. The number of nitrogens with zero attached hydrogens (tertiary/aromatic N) is 5. The molecule has 1 aromatic rings. The first kappa shape index (κ1) is 41.9. The van der Waals surface area contributed by atoms with Crippen LogP contribution in [0.2, 0.25) is 0 Å². The third-order valence-electron chi connectivity index (χ3n) is 10.1. The summed E-state index contributed by atoms with van der Waals surface area (Å²) in [7, 11) is 0. The molecule has 3 rings (SSSR count). The van der Waals surface area contributed by atoms with Crippen molar-refractivity contribution in [1.82, 2.24) is 30.1 Å². The average molecular weight is 695 g/mol. The molecule has 0 bridgehead atoms. The second-order valence-electron chi connectivity index (χ2n) is 16.9. The lowest BCUT2D eigenvalue weighted by Gasteiger charge is -2.50. The fraction of sp³-hybridized carbons (Fsp3) is 0.919. The van der Waals surface area contributed by atoms with Crippen LogP contribution >= 0.6 is 0 Å². The molecule has 2 saturated heterocycles. The summed E-state index contributed by atoms with van der Waals surface area (Å²) in [5.74, 6) is 0.204. The van der Waals surface area contributed by atoms with Crippen molar-refractivity contribution in [3.63, 3.8) is 0 Å². The molecule has 0 saturated carbocycles. The van der Waals surface area contributed by atoms with Gasteiger partial charge in [-0.05, 0) is 94.2 Å². The molecule has 0 aromatic carbocycles. The molecule has 1 aromatic heterocycles. The van der Waals surface area contributed by atoms with Crippen molar-refractivity contribution in [1.29, 1.82) is 0 Å². The molecular formula is C37H70N6O6. The van der Waals surface area contributed by atoms with Crippen molar-refractivity contribution in [3.05, 3.63) is 11.9 Å². The summed E-state index contributed by atoms with van der Waals surface area (Å²) in [6.07, 6.45) is 6.32. The highest BCUT2D eigenvalue weighted by atomic mass is 16.6. The Kier molecular flexibility index (Phi) is 16.1. The minimum absolute atomic E-state index is 0.00269. The highest BCUT2D eigenvalue weighted by Gasteiger charge is 2.37. The van der Waals surface area contributed by atoms with Crippen LogP contribution in [0.3, 0.4) is 0 Å². The average Bonchev–Trinajstić information content (AvgIpc) is 3.49. The molecule has 0 spiro atoms. The Morgan fingerprint density at radius 2 is 1.63 bits per heavy atom. The van der Waals surface area contributed by atoms with Gasteiger partial charge in [-0.2, -0.15) is 0 Å². The largest absolute Gasteiger partial charge is 0.395 e. The van der Waals surface area contributed by atoms with Gasteiger partial charge in [-0.1, -0.05) is 19.1 Å². The number of ether oxygens (including phenoxy) is 4. The van der Waals surface area contributed by atoms with Crippen molar-refractivity contribution in [2.45, 2.75) is 149 Å². The van der Waals surface area contributed by atoms with E-state index in [0.29, 0.717) is 52.0 Å². The summed E-state index contributed by atoms with van der Waals surface area (Å²) >= 11 is 0. The number of piperidine rings is 1. The Hall–Kier alpha value is -1.51. The van der Waals surface area contributed by atoms with Crippen molar-refractivity contribution < 1.29 is 28.8 Å². The number of Topliss-reactive ketones (excluding diaryl/α,β-unsaturated/α-hetero) is 1. The van der Waals surface area contributed by atoms with Gasteiger partial charge in [0.25, 0.3) is 0 Å². The summed E-state index contributed by atoms with van der Waals surface area (Å²) < 4.78 is 26.3. The van der Waals surface area contributed by atoms with Crippen LogP contribution in [-0.2, 0) is 36.9 Å². The normalized spacial score (nSPS) is 19.6. The Balaban J connectivity index is 1.30. The molecule has 12 heteroatoms. The molecule has 2 aliphatic heterocycles. The predicted molar refractivity (Wildman–Crippen MR) is 193 cm³/mol. The van der Waals surface area contributed by atoms with Crippen LogP contribution in [0.5, 0.6) is 0 Å². The minimum atomic E-state index is -0.533. The highest BCUT2D eigenvalue weighted by molar-refractivity contribution is 5.81. The second-order valence-corrected chi connectivity index (χ2v) is 16.9. The SMILES string of the molecule is CC(C)C(=O)CC(C)(C)OCC(C)(C)OCCn1cc(COCCC(C)(C)OCCC(C)(C)N2CCN(C3CCNCC3)C(CO)C2)nn1. The number of carbonyl (C=O) groups excluding carboxylic acids is 1. The maximum absolute atomic E-state index is 12.2. The van der Waals surface area contributed by atoms with E-state index in [9.17, 15) is 9.90 Å². The van der Waals surface area contributed by atoms with Gasteiger partial charge < -0.3 is 29.4 Å². The third-order valence-corrected chi connectivity index (χ3v) is 10.1. The smallest absolute Gasteiger partial charge is 0.138 e. The molecule has 2 fully saturated rings. The standard InChI is InChI=1S/C37H70N6O6/c1-29(2)33(45)23-36(7,8)49-28-37(9,10)48-22-19-42-24-30(39-40-42)27-46-20-14-35(5,6)47-21-13-34(3,4)41-17-18-43(32(25-41)26-44)31-11-15-38-16-12-31/h24,29,31-32,38,44H,11-23,25-28H2,1-10H3. The summed E-state index contributed by atoms with van der Waals surface area (Å²) in [5.41, 5.74) is -0.565. The quantitative estimate of drug-likeness (QED) is 0.171. The molecule has 49 heavy (non-hydrogen) atoms. The Labute approximate surface area is 296 Å². The molecule has 2 N–H and O–H groups in total. The van der Waals surface area contributed by atoms with E-state index in [4.69, 9.17) is 18.9 Å². The summed E-state index contributed by atoms with van der Waals surface area (Å²) in [4.78, 5) is 17.3. The fourth-order valence-electron chi connectivity index (χ4n) is 6.52. The molecule has 1 atom stereocenters. The van der Waals surface area contributed by atoms with E-state index in [-0.39, 0.29) is 35.5 Å². The number of carbonyl (C=O) groups is 1. The summed E-state index contributed by atoms with van der Waals surface area (Å²) in [6, 6.07) is 0.781. The molecule has 2 aliphatic rings. The molecule has 3 heterocycles. The van der Waals surface area contributed by atoms with Crippen LogP contribution in [0.25, 0.3) is 0 Å². The number of aliphatic hydroxyl groups is 1. The topological polar surface area (TPSA) is 123 Å². The molecule has 0 aliphatic carbocycles. The van der Waals surface area contributed by atoms with Crippen LogP contribution < -0.4 is 5.32 Å². The van der Waals surface area contributed by atoms with E-state index < -0.39 is 11.2 Å². The number of hydrogen-bond donors (Lipinski definition) is 2. The van der Waals surface area contributed by atoms with Gasteiger partial charge >= 0.3 is 0 Å². The number of hydrogen-bond acceptors (Lipinski definition) is 11. The van der Waals surface area contributed by atoms with E-state index in [1.807, 2.05) is 47.7 Å². The number of ketones is 1. The monoisotopic (exact) mass is 695 g/mol. The Morgan fingerprint density at radius 1 is 0.939 bits per heavy atom. The number of nitrogens with one attached hydrogen (secondary N) is 1. The molecule has 12 nitrogen and oxygen atoms in total. The van der Waals surface area contributed by atoms with E-state index in [2.05, 4.69) is 53.1 Å². The van der Waals surface area contributed by atoms with E-state index in [0.717, 1.165) is 51.3 Å². The van der Waals surface area contributed by atoms with Crippen LogP contribution in [0.1, 0.15) is 107 Å². The van der Waals surface area contributed by atoms with Crippen molar-refractivity contribution in [2.24, 2.45) is 5.92 Å². The van der Waals surface area contributed by atoms with Crippen LogP contribution in [-0.4, -0.2) is 136 Å². The van der Waals surface area contributed by atoms with Gasteiger partial charge in [0.05, 0.1) is 56.0 Å². The number of piperazine rings is 1. The number of aromatic nitrogens is 3. The Bertz CT molecular complexity index is 1120. The lowest BCUT2D eigenvalue weighted by Crippen LogP contribution is -2.63. The zero-order chi connectivity index (χ0) is 36.3. The van der Waals surface area contributed by atoms with Gasteiger partial charge in [-0.25, -0.2) is 4.68 Å².